The van der Waals surface area contributed by atoms with Crippen LogP contribution in [0.3, 0.4) is 0 Å². The Hall–Kier alpha value is -0.293. The largest absolute Gasteiger partial charge is 1.00 e. The number of rotatable bonds is 1. The molecular formula is C7H7FLiN. The van der Waals surface area contributed by atoms with Crippen molar-refractivity contribution in [1.82, 2.24) is 0 Å². The summed E-state index contributed by atoms with van der Waals surface area (Å²) >= 11 is 0. The van der Waals surface area contributed by atoms with Crippen LogP contribution in [0.15, 0.2) is 18.2 Å². The Morgan fingerprint density at radius 2 is 2.20 bits per heavy atom. The molecule has 0 radical (unpaired) electrons. The molecule has 0 fully saturated rings. The molecular weight excluding hydrogens is 124 g/mol. The predicted molar refractivity (Wildman–Crippen MR) is 33.1 cm³/mol. The Morgan fingerprint density at radius 3 is 2.60 bits per heavy atom. The fraction of sp³-hybridized carbons (Fsp3) is 0.143. The van der Waals surface area contributed by atoms with E-state index in [9.17, 15) is 4.39 Å². The van der Waals surface area contributed by atoms with E-state index in [1.165, 1.54) is 12.1 Å². The zero-order chi connectivity index (χ0) is 6.69. The summed E-state index contributed by atoms with van der Waals surface area (Å²) in [5, 5.41) is 0. The van der Waals surface area contributed by atoms with Crippen LogP contribution in [0.2, 0.25) is 0 Å². The summed E-state index contributed by atoms with van der Waals surface area (Å²) in [6.45, 7) is 0.369. The Morgan fingerprint density at radius 1 is 1.50 bits per heavy atom. The maximum atomic E-state index is 12.3. The molecule has 0 aliphatic heterocycles. The molecule has 2 N–H and O–H groups in total. The van der Waals surface area contributed by atoms with Crippen molar-refractivity contribution >= 4 is 0 Å². The van der Waals surface area contributed by atoms with Gasteiger partial charge in [-0.05, 0) is 6.54 Å². The van der Waals surface area contributed by atoms with Crippen molar-refractivity contribution in [3.05, 3.63) is 35.6 Å². The summed E-state index contributed by atoms with van der Waals surface area (Å²) in [7, 11) is 0. The topological polar surface area (TPSA) is 26.0 Å². The van der Waals surface area contributed by atoms with Gasteiger partial charge in [0.25, 0.3) is 0 Å². The van der Waals surface area contributed by atoms with Gasteiger partial charge in [-0.15, -0.1) is 17.7 Å². The molecule has 0 atom stereocenters. The molecule has 1 aromatic carbocycles. The molecule has 0 bridgehead atoms. The van der Waals surface area contributed by atoms with E-state index in [2.05, 4.69) is 6.07 Å². The van der Waals surface area contributed by atoms with Crippen LogP contribution in [0, 0.1) is 11.9 Å². The van der Waals surface area contributed by atoms with E-state index in [0.717, 1.165) is 5.56 Å². The van der Waals surface area contributed by atoms with Crippen LogP contribution >= 0.6 is 0 Å². The van der Waals surface area contributed by atoms with E-state index in [1.807, 2.05) is 0 Å². The number of hydrogen-bond donors (Lipinski definition) is 1. The molecule has 1 aromatic rings. The Balaban J connectivity index is 0.000000810. The average Bonchev–Trinajstić information content (AvgIpc) is 1.88. The van der Waals surface area contributed by atoms with Crippen LogP contribution in [-0.4, -0.2) is 0 Å². The van der Waals surface area contributed by atoms with Crippen molar-refractivity contribution in [2.75, 3.05) is 0 Å². The summed E-state index contributed by atoms with van der Waals surface area (Å²) in [6.07, 6.45) is 0. The van der Waals surface area contributed by atoms with Crippen molar-refractivity contribution < 1.29 is 23.3 Å². The van der Waals surface area contributed by atoms with Crippen LogP contribution in [0.5, 0.6) is 0 Å². The number of hydrogen-bond acceptors (Lipinski definition) is 1. The summed E-state index contributed by atoms with van der Waals surface area (Å²) in [5.41, 5.74) is 6.01. The van der Waals surface area contributed by atoms with Gasteiger partial charge in [0.1, 0.15) is 0 Å². The second-order valence-corrected chi connectivity index (χ2v) is 1.76. The third kappa shape index (κ3) is 2.53. The molecule has 0 aliphatic carbocycles. The van der Waals surface area contributed by atoms with Crippen molar-refractivity contribution in [2.45, 2.75) is 6.54 Å². The third-order valence-electron chi connectivity index (χ3n) is 1.05. The van der Waals surface area contributed by atoms with Gasteiger partial charge in [-0.25, -0.2) is 0 Å². The van der Waals surface area contributed by atoms with Crippen molar-refractivity contribution in [1.29, 1.82) is 0 Å². The molecule has 0 saturated carbocycles. The van der Waals surface area contributed by atoms with Crippen LogP contribution in [-0.2, 0) is 6.54 Å². The minimum Gasteiger partial charge on any atom is -0.337 e. The Kier molecular flexibility index (Phi) is 4.38. The minimum atomic E-state index is -0.280. The average molecular weight is 131 g/mol. The first-order valence-corrected chi connectivity index (χ1v) is 2.68. The molecule has 1 rings (SSSR count). The first-order valence-electron chi connectivity index (χ1n) is 2.68. The number of nitrogens with two attached hydrogens (primary N) is 1. The molecule has 10 heavy (non-hydrogen) atoms. The fourth-order valence-corrected chi connectivity index (χ4v) is 0.607. The van der Waals surface area contributed by atoms with Gasteiger partial charge in [-0.3, -0.25) is 4.39 Å². The molecule has 0 unspecified atom stereocenters. The van der Waals surface area contributed by atoms with Gasteiger partial charge in [-0.1, -0.05) is 0 Å². The van der Waals surface area contributed by atoms with Crippen LogP contribution < -0.4 is 24.6 Å². The zero-order valence-corrected chi connectivity index (χ0v) is 5.89. The van der Waals surface area contributed by atoms with E-state index in [4.69, 9.17) is 5.73 Å². The third-order valence-corrected chi connectivity index (χ3v) is 1.05. The summed E-state index contributed by atoms with van der Waals surface area (Å²) in [4.78, 5) is 0. The van der Waals surface area contributed by atoms with Gasteiger partial charge in [-0.2, -0.15) is 12.1 Å². The van der Waals surface area contributed by atoms with Crippen LogP contribution in [0.25, 0.3) is 0 Å². The maximum absolute atomic E-state index is 12.3. The van der Waals surface area contributed by atoms with Gasteiger partial charge in [0, 0.05) is 5.82 Å². The molecule has 3 heteroatoms. The van der Waals surface area contributed by atoms with Crippen molar-refractivity contribution in [3.63, 3.8) is 0 Å². The Labute approximate surface area is 71.6 Å². The molecule has 0 amide bonds. The standard InChI is InChI=1S/C7H7FN.Li/c8-7-3-1-2-6(4-7)5-9;/h2-4H,5,9H2;/q-1;+1. The first-order chi connectivity index (χ1) is 4.33. The van der Waals surface area contributed by atoms with Crippen LogP contribution in [0.4, 0.5) is 4.39 Å². The molecule has 0 spiro atoms. The van der Waals surface area contributed by atoms with E-state index >= 15 is 0 Å². The molecule has 0 aliphatic rings. The normalized spacial score (nSPS) is 8.60. The molecule has 48 valence electrons. The van der Waals surface area contributed by atoms with Gasteiger partial charge < -0.3 is 5.73 Å². The monoisotopic (exact) mass is 131 g/mol. The maximum Gasteiger partial charge on any atom is 1.00 e. The van der Waals surface area contributed by atoms with E-state index < -0.39 is 0 Å². The van der Waals surface area contributed by atoms with Crippen molar-refractivity contribution in [3.8, 4) is 0 Å². The van der Waals surface area contributed by atoms with Crippen molar-refractivity contribution in [2.24, 2.45) is 5.73 Å². The second kappa shape index (κ2) is 4.51. The van der Waals surface area contributed by atoms with Gasteiger partial charge in [0.2, 0.25) is 0 Å². The van der Waals surface area contributed by atoms with E-state index in [1.54, 1.807) is 6.07 Å². The minimum absolute atomic E-state index is 0. The van der Waals surface area contributed by atoms with Crippen LogP contribution in [0.1, 0.15) is 5.56 Å². The van der Waals surface area contributed by atoms with E-state index in [0.29, 0.717) is 6.54 Å². The fourth-order valence-electron chi connectivity index (χ4n) is 0.607. The SMILES string of the molecule is NCc1c[c-]cc(F)c1.[Li+]. The molecule has 0 saturated heterocycles. The van der Waals surface area contributed by atoms with Gasteiger partial charge in [0.05, 0.1) is 0 Å². The summed E-state index contributed by atoms with van der Waals surface area (Å²) in [6, 6.07) is 6.97. The zero-order valence-electron chi connectivity index (χ0n) is 5.89. The summed E-state index contributed by atoms with van der Waals surface area (Å²) < 4.78 is 12.3. The quantitative estimate of drug-likeness (QED) is 0.349. The van der Waals surface area contributed by atoms with E-state index in [-0.39, 0.29) is 24.7 Å². The predicted octanol–water partition coefficient (Wildman–Crippen LogP) is -1.91. The van der Waals surface area contributed by atoms with Gasteiger partial charge in [0.15, 0.2) is 0 Å². The smallest absolute Gasteiger partial charge is 0.337 e. The molecule has 1 nitrogen and oxygen atoms in total. The molecule has 0 aromatic heterocycles. The second-order valence-electron chi connectivity index (χ2n) is 1.76. The number of benzene rings is 1. The number of halogens is 1. The summed E-state index contributed by atoms with van der Waals surface area (Å²) in [5.74, 6) is -0.280. The Bertz CT molecular complexity index is 203. The van der Waals surface area contributed by atoms with Gasteiger partial charge >= 0.3 is 18.9 Å². The first kappa shape index (κ1) is 9.71. The molecule has 0 heterocycles.